The zero-order chi connectivity index (χ0) is 11.1. The van der Waals surface area contributed by atoms with Crippen LogP contribution in [0.25, 0.3) is 0 Å². The first-order valence-corrected chi connectivity index (χ1v) is 6.33. The first-order chi connectivity index (χ1) is 7.31. The fourth-order valence-corrected chi connectivity index (χ4v) is 2.47. The van der Waals surface area contributed by atoms with Crippen molar-refractivity contribution < 1.29 is 0 Å². The topological polar surface area (TPSA) is 27.0 Å². The zero-order valence-electron chi connectivity index (χ0n) is 9.44. The Kier molecular flexibility index (Phi) is 5.38. The molecule has 0 aliphatic rings. The van der Waals surface area contributed by atoms with Crippen molar-refractivity contribution in [3.05, 3.63) is 22.4 Å². The summed E-state index contributed by atoms with van der Waals surface area (Å²) in [5, 5.41) is 10.9. The molecule has 0 aliphatic carbocycles. The van der Waals surface area contributed by atoms with E-state index in [1.165, 1.54) is 4.88 Å². The smallest absolute Gasteiger partial charge is 0.0638 e. The summed E-state index contributed by atoms with van der Waals surface area (Å²) in [5.41, 5.74) is 0. The lowest BCUT2D eigenvalue weighted by Gasteiger charge is -2.27. The van der Waals surface area contributed by atoms with Gasteiger partial charge in [-0.3, -0.25) is 4.90 Å². The van der Waals surface area contributed by atoms with Crippen LogP contribution in [0.4, 0.5) is 0 Å². The van der Waals surface area contributed by atoms with E-state index in [0.29, 0.717) is 12.5 Å². The number of nitriles is 1. The van der Waals surface area contributed by atoms with E-state index in [1.807, 2.05) is 0 Å². The number of rotatable bonds is 6. The fraction of sp³-hybridized carbons (Fsp3) is 0.583. The molecule has 1 aromatic rings. The third kappa shape index (κ3) is 3.65. The lowest BCUT2D eigenvalue weighted by molar-refractivity contribution is 0.196. The molecular weight excluding hydrogens is 204 g/mol. The summed E-state index contributed by atoms with van der Waals surface area (Å²) in [6.07, 6.45) is 1.68. The molecule has 15 heavy (non-hydrogen) atoms. The molecular formula is C12H18N2S. The molecule has 1 heterocycles. The third-order valence-electron chi connectivity index (χ3n) is 2.66. The van der Waals surface area contributed by atoms with E-state index in [-0.39, 0.29) is 0 Å². The molecule has 0 aromatic carbocycles. The van der Waals surface area contributed by atoms with E-state index in [1.54, 1.807) is 11.3 Å². The third-order valence-corrected chi connectivity index (χ3v) is 3.52. The molecule has 2 nitrogen and oxygen atoms in total. The van der Waals surface area contributed by atoms with Crippen LogP contribution in [0, 0.1) is 11.3 Å². The molecule has 1 unspecified atom stereocenters. The number of thiophene rings is 1. The minimum Gasteiger partial charge on any atom is -0.295 e. The molecule has 1 aromatic heterocycles. The molecule has 0 spiro atoms. The van der Waals surface area contributed by atoms with Crippen LogP contribution in [-0.4, -0.2) is 17.5 Å². The van der Waals surface area contributed by atoms with Crippen molar-refractivity contribution in [3.8, 4) is 6.07 Å². The van der Waals surface area contributed by atoms with Gasteiger partial charge in [-0.1, -0.05) is 19.9 Å². The average molecular weight is 222 g/mol. The van der Waals surface area contributed by atoms with Gasteiger partial charge in [0, 0.05) is 17.5 Å². The van der Waals surface area contributed by atoms with E-state index >= 15 is 0 Å². The van der Waals surface area contributed by atoms with Gasteiger partial charge in [0.15, 0.2) is 0 Å². The second-order valence-electron chi connectivity index (χ2n) is 3.57. The summed E-state index contributed by atoms with van der Waals surface area (Å²) in [6.45, 7) is 6.30. The molecule has 0 fully saturated rings. The Labute approximate surface area is 96.1 Å². The highest BCUT2D eigenvalue weighted by molar-refractivity contribution is 7.09. The van der Waals surface area contributed by atoms with E-state index in [0.717, 1.165) is 19.5 Å². The van der Waals surface area contributed by atoms with Gasteiger partial charge in [-0.25, -0.2) is 0 Å². The fourth-order valence-electron chi connectivity index (χ4n) is 1.74. The van der Waals surface area contributed by atoms with Crippen LogP contribution >= 0.6 is 11.3 Å². The molecule has 0 N–H and O–H groups in total. The number of nitrogens with zero attached hydrogens (tertiary/aromatic N) is 2. The summed E-state index contributed by atoms with van der Waals surface area (Å²) < 4.78 is 0. The quantitative estimate of drug-likeness (QED) is 0.738. The second-order valence-corrected chi connectivity index (χ2v) is 4.60. The summed E-state index contributed by atoms with van der Waals surface area (Å²) in [6, 6.07) is 6.92. The Morgan fingerprint density at radius 2 is 2.33 bits per heavy atom. The van der Waals surface area contributed by atoms with Crippen LogP contribution < -0.4 is 0 Å². The summed E-state index contributed by atoms with van der Waals surface area (Å²) in [5.74, 6) is 0. The lowest BCUT2D eigenvalue weighted by Crippen LogP contribution is -2.33. The van der Waals surface area contributed by atoms with Crippen molar-refractivity contribution in [1.82, 2.24) is 4.90 Å². The molecule has 0 saturated heterocycles. The van der Waals surface area contributed by atoms with Crippen molar-refractivity contribution in [3.63, 3.8) is 0 Å². The normalized spacial score (nSPS) is 12.7. The number of hydrogen-bond donors (Lipinski definition) is 0. The van der Waals surface area contributed by atoms with Crippen LogP contribution in [0.5, 0.6) is 0 Å². The summed E-state index contributed by atoms with van der Waals surface area (Å²) in [7, 11) is 0. The standard InChI is InChI=1S/C12H18N2S/c1-3-11(7-8-13)14(4-2)10-12-6-5-9-15-12/h5-6,9,11H,3-4,7,10H2,1-2H3. The highest BCUT2D eigenvalue weighted by Gasteiger charge is 2.15. The minimum absolute atomic E-state index is 0.405. The van der Waals surface area contributed by atoms with Crippen LogP contribution in [0.1, 0.15) is 31.6 Å². The zero-order valence-corrected chi connectivity index (χ0v) is 10.3. The predicted octanol–water partition coefficient (Wildman–Crippen LogP) is 3.26. The Bertz CT molecular complexity index is 300. The Morgan fingerprint density at radius 1 is 1.53 bits per heavy atom. The van der Waals surface area contributed by atoms with Gasteiger partial charge in [-0.15, -0.1) is 11.3 Å². The second kappa shape index (κ2) is 6.60. The molecule has 0 radical (unpaired) electrons. The van der Waals surface area contributed by atoms with Gasteiger partial charge in [0.05, 0.1) is 12.5 Å². The van der Waals surface area contributed by atoms with Crippen LogP contribution in [0.2, 0.25) is 0 Å². The average Bonchev–Trinajstić information content (AvgIpc) is 2.75. The lowest BCUT2D eigenvalue weighted by atomic mass is 10.1. The van der Waals surface area contributed by atoms with E-state index in [9.17, 15) is 0 Å². The van der Waals surface area contributed by atoms with Gasteiger partial charge in [0.1, 0.15) is 0 Å². The van der Waals surface area contributed by atoms with Crippen LogP contribution in [-0.2, 0) is 6.54 Å². The molecule has 0 saturated carbocycles. The van der Waals surface area contributed by atoms with Gasteiger partial charge < -0.3 is 0 Å². The highest BCUT2D eigenvalue weighted by atomic mass is 32.1. The molecule has 3 heteroatoms. The van der Waals surface area contributed by atoms with Crippen LogP contribution in [0.3, 0.4) is 0 Å². The van der Waals surface area contributed by atoms with Crippen LogP contribution in [0.15, 0.2) is 17.5 Å². The predicted molar refractivity (Wildman–Crippen MR) is 64.7 cm³/mol. The Morgan fingerprint density at radius 3 is 2.80 bits per heavy atom. The first-order valence-electron chi connectivity index (χ1n) is 5.45. The maximum atomic E-state index is 8.76. The molecule has 0 aliphatic heterocycles. The largest absolute Gasteiger partial charge is 0.295 e. The van der Waals surface area contributed by atoms with Gasteiger partial charge in [-0.2, -0.15) is 5.26 Å². The van der Waals surface area contributed by atoms with Crippen molar-refractivity contribution >= 4 is 11.3 Å². The van der Waals surface area contributed by atoms with Gasteiger partial charge in [-0.05, 0) is 24.4 Å². The maximum Gasteiger partial charge on any atom is 0.0638 e. The van der Waals surface area contributed by atoms with Crippen molar-refractivity contribution in [2.24, 2.45) is 0 Å². The van der Waals surface area contributed by atoms with Gasteiger partial charge in [0.25, 0.3) is 0 Å². The maximum absolute atomic E-state index is 8.76. The van der Waals surface area contributed by atoms with E-state index in [4.69, 9.17) is 5.26 Å². The van der Waals surface area contributed by atoms with E-state index < -0.39 is 0 Å². The molecule has 0 amide bonds. The number of hydrogen-bond acceptors (Lipinski definition) is 3. The van der Waals surface area contributed by atoms with Crippen molar-refractivity contribution in [1.29, 1.82) is 5.26 Å². The van der Waals surface area contributed by atoms with Crippen molar-refractivity contribution in [2.45, 2.75) is 39.3 Å². The van der Waals surface area contributed by atoms with E-state index in [2.05, 4.69) is 42.3 Å². The molecule has 1 atom stereocenters. The SMILES string of the molecule is CCC(CC#N)N(CC)Cc1cccs1. The first kappa shape index (κ1) is 12.2. The van der Waals surface area contributed by atoms with Crippen molar-refractivity contribution in [2.75, 3.05) is 6.54 Å². The molecule has 82 valence electrons. The Balaban J connectivity index is 2.58. The highest BCUT2D eigenvalue weighted by Crippen LogP contribution is 2.16. The molecule has 0 bridgehead atoms. The monoisotopic (exact) mass is 222 g/mol. The summed E-state index contributed by atoms with van der Waals surface area (Å²) >= 11 is 1.79. The van der Waals surface area contributed by atoms with Gasteiger partial charge >= 0.3 is 0 Å². The Hall–Kier alpha value is -0.850. The molecule has 1 rings (SSSR count). The van der Waals surface area contributed by atoms with Gasteiger partial charge in [0.2, 0.25) is 0 Å². The summed E-state index contributed by atoms with van der Waals surface area (Å²) in [4.78, 5) is 3.77. The minimum atomic E-state index is 0.405.